The van der Waals surface area contributed by atoms with Gasteiger partial charge in [-0.1, -0.05) is 73.9 Å². The van der Waals surface area contributed by atoms with Crippen molar-refractivity contribution in [3.63, 3.8) is 0 Å². The number of nitrogens with one attached hydrogen (secondary N) is 3. The molecule has 1 saturated carbocycles. The molecule has 0 aliphatic heterocycles. The molecule has 7 nitrogen and oxygen atoms in total. The first-order chi connectivity index (χ1) is 17.6. The summed E-state index contributed by atoms with van der Waals surface area (Å²) in [4.78, 5) is 25.3. The fraction of sp³-hybridized carbons (Fsp3) is 0.379. The van der Waals surface area contributed by atoms with E-state index in [-0.39, 0.29) is 23.5 Å². The molecule has 1 unspecified atom stereocenters. The molecule has 3 aromatic rings. The lowest BCUT2D eigenvalue weighted by atomic mass is 9.83. The van der Waals surface area contributed by atoms with Crippen LogP contribution in [0.2, 0.25) is 0 Å². The number of benzene rings is 2. The summed E-state index contributed by atoms with van der Waals surface area (Å²) in [7, 11) is 1.60. The van der Waals surface area contributed by atoms with Crippen molar-refractivity contribution in [2.75, 3.05) is 13.8 Å². The van der Waals surface area contributed by atoms with Gasteiger partial charge in [0.15, 0.2) is 5.76 Å². The Morgan fingerprint density at radius 2 is 1.69 bits per heavy atom. The van der Waals surface area contributed by atoms with Crippen LogP contribution in [0.3, 0.4) is 0 Å². The van der Waals surface area contributed by atoms with Crippen LogP contribution in [-0.2, 0) is 22.7 Å². The number of rotatable bonds is 11. The fourth-order valence-corrected chi connectivity index (χ4v) is 4.65. The molecule has 0 bridgehead atoms. The second-order valence-corrected chi connectivity index (χ2v) is 9.23. The van der Waals surface area contributed by atoms with Crippen molar-refractivity contribution in [1.29, 1.82) is 0 Å². The number of carbonyl (C=O) groups excluding carboxylic acids is 2. The molecule has 1 aromatic heterocycles. The van der Waals surface area contributed by atoms with Crippen LogP contribution in [0.4, 0.5) is 0 Å². The van der Waals surface area contributed by atoms with Gasteiger partial charge in [-0.2, -0.15) is 0 Å². The molecule has 190 valence electrons. The average molecular weight is 490 g/mol. The van der Waals surface area contributed by atoms with Crippen molar-refractivity contribution in [3.05, 3.63) is 83.6 Å². The number of hydrogen-bond donors (Lipinski definition) is 3. The van der Waals surface area contributed by atoms with Crippen molar-refractivity contribution >= 4 is 11.8 Å². The van der Waals surface area contributed by atoms with Gasteiger partial charge in [0.05, 0.1) is 13.3 Å². The summed E-state index contributed by atoms with van der Waals surface area (Å²) in [5, 5.41) is 8.87. The Labute approximate surface area is 212 Å². The Balaban J connectivity index is 1.28. The monoisotopic (exact) mass is 489 g/mol. The van der Waals surface area contributed by atoms with E-state index >= 15 is 0 Å². The van der Waals surface area contributed by atoms with Crippen molar-refractivity contribution in [2.24, 2.45) is 5.92 Å². The molecular formula is C29H35N3O4. The zero-order valence-corrected chi connectivity index (χ0v) is 20.8. The maximum absolute atomic E-state index is 12.9. The topological polar surface area (TPSA) is 92.6 Å². The molecular weight excluding hydrogens is 454 g/mol. The molecule has 1 heterocycles. The largest absolute Gasteiger partial charge is 0.451 e. The van der Waals surface area contributed by atoms with E-state index in [1.54, 1.807) is 19.2 Å². The summed E-state index contributed by atoms with van der Waals surface area (Å²) < 4.78 is 11.5. The zero-order valence-electron chi connectivity index (χ0n) is 20.8. The second kappa shape index (κ2) is 13.0. The van der Waals surface area contributed by atoms with Crippen molar-refractivity contribution in [3.8, 4) is 11.3 Å². The Morgan fingerprint density at radius 1 is 0.944 bits per heavy atom. The third kappa shape index (κ3) is 7.06. The van der Waals surface area contributed by atoms with Gasteiger partial charge in [-0.15, -0.1) is 0 Å². The van der Waals surface area contributed by atoms with Crippen LogP contribution in [0.1, 0.15) is 53.8 Å². The van der Waals surface area contributed by atoms with Gasteiger partial charge in [0.25, 0.3) is 5.91 Å². The Hall–Kier alpha value is -3.42. The van der Waals surface area contributed by atoms with Gasteiger partial charge in [-0.25, -0.2) is 0 Å². The van der Waals surface area contributed by atoms with Crippen molar-refractivity contribution in [2.45, 2.75) is 51.3 Å². The number of amides is 2. The molecule has 2 aromatic carbocycles. The minimum absolute atomic E-state index is 0.155. The molecule has 1 aliphatic carbocycles. The van der Waals surface area contributed by atoms with E-state index in [2.05, 4.69) is 16.0 Å². The number of hydrogen-bond acceptors (Lipinski definition) is 5. The third-order valence-electron chi connectivity index (χ3n) is 6.65. The lowest BCUT2D eigenvalue weighted by molar-refractivity contribution is -0.124. The highest BCUT2D eigenvalue weighted by Gasteiger charge is 2.31. The van der Waals surface area contributed by atoms with Crippen LogP contribution in [0.15, 0.2) is 71.1 Å². The Kier molecular flexibility index (Phi) is 9.30. The summed E-state index contributed by atoms with van der Waals surface area (Å²) in [6.45, 7) is 1.72. The van der Waals surface area contributed by atoms with Gasteiger partial charge < -0.3 is 19.8 Å². The summed E-state index contributed by atoms with van der Waals surface area (Å²) >= 11 is 0. The molecule has 0 spiro atoms. The minimum Gasteiger partial charge on any atom is -0.451 e. The van der Waals surface area contributed by atoms with Crippen LogP contribution in [0.25, 0.3) is 11.3 Å². The zero-order chi connectivity index (χ0) is 25.2. The maximum atomic E-state index is 12.9. The summed E-state index contributed by atoms with van der Waals surface area (Å²) in [6.07, 6.45) is 5.25. The van der Waals surface area contributed by atoms with Gasteiger partial charge in [-0.05, 0) is 42.0 Å². The van der Waals surface area contributed by atoms with Gasteiger partial charge in [0.2, 0.25) is 5.91 Å². The van der Waals surface area contributed by atoms with Gasteiger partial charge in [0, 0.05) is 19.2 Å². The number of furan rings is 1. The number of carbonyl (C=O) groups is 2. The summed E-state index contributed by atoms with van der Waals surface area (Å²) in [5.74, 6) is 0.450. The average Bonchev–Trinajstić information content (AvgIpc) is 3.43. The van der Waals surface area contributed by atoms with E-state index < -0.39 is 6.04 Å². The van der Waals surface area contributed by atoms with E-state index in [1.807, 2.05) is 54.6 Å². The van der Waals surface area contributed by atoms with E-state index in [0.29, 0.717) is 25.6 Å². The highest BCUT2D eigenvalue weighted by Crippen LogP contribution is 2.27. The first-order valence-corrected chi connectivity index (χ1v) is 12.7. The van der Waals surface area contributed by atoms with Crippen LogP contribution >= 0.6 is 0 Å². The van der Waals surface area contributed by atoms with E-state index in [9.17, 15) is 9.59 Å². The molecule has 3 N–H and O–H groups in total. The first-order valence-electron chi connectivity index (χ1n) is 12.7. The second-order valence-electron chi connectivity index (χ2n) is 9.23. The first kappa shape index (κ1) is 25.7. The molecule has 0 radical (unpaired) electrons. The van der Waals surface area contributed by atoms with Crippen molar-refractivity contribution in [1.82, 2.24) is 16.0 Å². The van der Waals surface area contributed by atoms with E-state index in [1.165, 1.54) is 6.42 Å². The molecule has 1 fully saturated rings. The van der Waals surface area contributed by atoms with E-state index in [0.717, 1.165) is 42.4 Å². The Morgan fingerprint density at radius 3 is 2.42 bits per heavy atom. The standard InChI is InChI=1S/C29H35N3O4/c1-30-29(34)27(24-10-6-3-7-11-24)32-28(33)26-17-16-25(36-26)23-14-12-21(13-15-23)18-31-20-35-19-22-8-4-2-5-9-22/h2,4-5,8-9,12-17,24,27,31H,3,6-7,10-11,18-20H2,1H3,(H,30,34)(H,32,33). The van der Waals surface area contributed by atoms with Gasteiger partial charge in [-0.3, -0.25) is 14.9 Å². The quantitative estimate of drug-likeness (QED) is 0.270. The Bertz CT molecular complexity index is 1110. The lowest BCUT2D eigenvalue weighted by Gasteiger charge is -2.29. The summed E-state index contributed by atoms with van der Waals surface area (Å²) in [5.41, 5.74) is 3.15. The normalized spacial score (nSPS) is 14.8. The third-order valence-corrected chi connectivity index (χ3v) is 6.65. The molecule has 2 amide bonds. The van der Waals surface area contributed by atoms with Crippen molar-refractivity contribution < 1.29 is 18.7 Å². The summed E-state index contributed by atoms with van der Waals surface area (Å²) in [6, 6.07) is 21.0. The molecule has 0 saturated heterocycles. The molecule has 36 heavy (non-hydrogen) atoms. The fourth-order valence-electron chi connectivity index (χ4n) is 4.65. The predicted octanol–water partition coefficient (Wildman–Crippen LogP) is 4.64. The van der Waals surface area contributed by atoms with Gasteiger partial charge >= 0.3 is 0 Å². The van der Waals surface area contributed by atoms with Crippen LogP contribution < -0.4 is 16.0 Å². The van der Waals surface area contributed by atoms with Crippen LogP contribution in [-0.4, -0.2) is 31.6 Å². The lowest BCUT2D eigenvalue weighted by Crippen LogP contribution is -2.50. The molecule has 1 atom stereocenters. The molecule has 1 aliphatic rings. The van der Waals surface area contributed by atoms with Crippen LogP contribution in [0.5, 0.6) is 0 Å². The number of likely N-dealkylation sites (N-methyl/N-ethyl adjacent to an activating group) is 1. The predicted molar refractivity (Wildman–Crippen MR) is 139 cm³/mol. The SMILES string of the molecule is CNC(=O)C(NC(=O)c1ccc(-c2ccc(CNCOCc3ccccc3)cc2)o1)C1CCCCC1. The molecule has 4 rings (SSSR count). The smallest absolute Gasteiger partial charge is 0.287 e. The van der Waals surface area contributed by atoms with Crippen LogP contribution in [0, 0.1) is 5.92 Å². The highest BCUT2D eigenvalue weighted by atomic mass is 16.5. The molecule has 7 heteroatoms. The minimum atomic E-state index is -0.542. The van der Waals surface area contributed by atoms with E-state index in [4.69, 9.17) is 9.15 Å². The van der Waals surface area contributed by atoms with Gasteiger partial charge in [0.1, 0.15) is 11.8 Å². The maximum Gasteiger partial charge on any atom is 0.287 e. The highest BCUT2D eigenvalue weighted by molar-refractivity contribution is 5.96. The number of ether oxygens (including phenoxy) is 1.